The zero-order valence-electron chi connectivity index (χ0n) is 26.7. The summed E-state index contributed by atoms with van der Waals surface area (Å²) in [6, 6.07) is 16.2. The van der Waals surface area contributed by atoms with E-state index in [0.717, 1.165) is 11.1 Å². The summed E-state index contributed by atoms with van der Waals surface area (Å²) < 4.78 is 10.7. The number of aliphatic hydroxyl groups excluding tert-OH is 1. The summed E-state index contributed by atoms with van der Waals surface area (Å²) in [6.45, 7) is 8.30. The molecule has 2 aromatic carbocycles. The molecule has 0 aromatic heterocycles. The average molecular weight is 625 g/mol. The fourth-order valence-corrected chi connectivity index (χ4v) is 5.22. The van der Waals surface area contributed by atoms with Gasteiger partial charge in [0.15, 0.2) is 0 Å². The van der Waals surface area contributed by atoms with Crippen LogP contribution < -0.4 is 16.0 Å². The number of aliphatic hydroxyl groups is 1. The van der Waals surface area contributed by atoms with Gasteiger partial charge in [-0.1, -0.05) is 88.4 Å². The first-order chi connectivity index (χ1) is 21.5. The smallest absolute Gasteiger partial charge is 0.408 e. The zero-order chi connectivity index (χ0) is 32.8. The maximum Gasteiger partial charge on any atom is 0.408 e. The third-order valence-corrected chi connectivity index (χ3v) is 7.49. The molecule has 45 heavy (non-hydrogen) atoms. The molecule has 0 spiro atoms. The normalized spacial score (nSPS) is 18.0. The predicted octanol–water partition coefficient (Wildman–Crippen LogP) is 4.14. The van der Waals surface area contributed by atoms with Crippen molar-refractivity contribution in [2.24, 2.45) is 11.8 Å². The Labute approximate surface area is 266 Å². The Kier molecular flexibility index (Phi) is 14.1. The Hall–Kier alpha value is -4.12. The van der Waals surface area contributed by atoms with Crippen LogP contribution in [0.3, 0.4) is 0 Å². The lowest BCUT2D eigenvalue weighted by molar-refractivity contribution is -0.135. The highest BCUT2D eigenvalue weighted by molar-refractivity contribution is 5.86. The number of carbonyl (C=O) groups is 4. The number of β-amino-alcohol motifs (C(OH)–C–C–N with tert-alkyl or cyclic N) is 1. The van der Waals surface area contributed by atoms with E-state index in [9.17, 15) is 24.3 Å². The molecular weight excluding hydrogens is 576 g/mol. The van der Waals surface area contributed by atoms with E-state index < -0.39 is 42.3 Å². The Bertz CT molecular complexity index is 1230. The first-order valence-corrected chi connectivity index (χ1v) is 15.7. The molecule has 2 aromatic rings. The number of alkyl carbamates (subject to hydrolysis) is 2. The molecule has 0 radical (unpaired) electrons. The van der Waals surface area contributed by atoms with Gasteiger partial charge >= 0.3 is 12.2 Å². The molecule has 1 fully saturated rings. The Morgan fingerprint density at radius 2 is 1.29 bits per heavy atom. The molecule has 4 N–H and O–H groups in total. The van der Waals surface area contributed by atoms with Crippen molar-refractivity contribution in [3.05, 3.63) is 71.8 Å². The molecule has 1 aliphatic heterocycles. The van der Waals surface area contributed by atoms with Gasteiger partial charge in [-0.05, 0) is 48.6 Å². The molecule has 0 saturated carbocycles. The van der Waals surface area contributed by atoms with Crippen molar-refractivity contribution in [3.8, 4) is 0 Å². The van der Waals surface area contributed by atoms with Gasteiger partial charge in [-0.2, -0.15) is 0 Å². The van der Waals surface area contributed by atoms with Gasteiger partial charge in [0, 0.05) is 13.1 Å². The Morgan fingerprint density at radius 3 is 1.80 bits per heavy atom. The summed E-state index contributed by atoms with van der Waals surface area (Å²) >= 11 is 0. The summed E-state index contributed by atoms with van der Waals surface area (Å²) in [5.41, 5.74) is 1.66. The van der Waals surface area contributed by atoms with Crippen LogP contribution >= 0.6 is 0 Å². The van der Waals surface area contributed by atoms with E-state index in [4.69, 9.17) is 9.47 Å². The largest absolute Gasteiger partial charge is 0.445 e. The lowest BCUT2D eigenvalue weighted by atomic mass is 10.0. The highest BCUT2D eigenvalue weighted by Crippen LogP contribution is 2.17. The Morgan fingerprint density at radius 1 is 0.800 bits per heavy atom. The van der Waals surface area contributed by atoms with Crippen LogP contribution in [-0.4, -0.2) is 71.3 Å². The van der Waals surface area contributed by atoms with Crippen LogP contribution in [0.1, 0.15) is 64.5 Å². The van der Waals surface area contributed by atoms with E-state index in [-0.39, 0.29) is 37.5 Å². The van der Waals surface area contributed by atoms with Crippen LogP contribution in [0.4, 0.5) is 9.59 Å². The molecule has 1 heterocycles. The minimum absolute atomic E-state index is 0.0134. The topological polar surface area (TPSA) is 146 Å². The van der Waals surface area contributed by atoms with Crippen LogP contribution in [0.15, 0.2) is 60.7 Å². The van der Waals surface area contributed by atoms with Crippen molar-refractivity contribution in [1.29, 1.82) is 0 Å². The maximum atomic E-state index is 13.6. The van der Waals surface area contributed by atoms with E-state index in [1.165, 1.54) is 4.90 Å². The van der Waals surface area contributed by atoms with Crippen LogP contribution in [-0.2, 0) is 32.3 Å². The third-order valence-electron chi connectivity index (χ3n) is 7.49. The molecule has 3 unspecified atom stereocenters. The first-order valence-electron chi connectivity index (χ1n) is 15.7. The summed E-state index contributed by atoms with van der Waals surface area (Å²) in [7, 11) is 0. The quantitative estimate of drug-likeness (QED) is 0.262. The van der Waals surface area contributed by atoms with E-state index in [1.807, 2.05) is 88.4 Å². The second-order valence-electron chi connectivity index (χ2n) is 12.4. The summed E-state index contributed by atoms with van der Waals surface area (Å²) in [5, 5.41) is 19.4. The van der Waals surface area contributed by atoms with Gasteiger partial charge < -0.3 is 35.4 Å². The highest BCUT2D eigenvalue weighted by Gasteiger charge is 2.34. The predicted molar refractivity (Wildman–Crippen MR) is 170 cm³/mol. The number of carbonyl (C=O) groups excluding carboxylic acids is 4. The minimum Gasteiger partial charge on any atom is -0.445 e. The first kappa shape index (κ1) is 35.4. The van der Waals surface area contributed by atoms with E-state index in [0.29, 0.717) is 32.2 Å². The molecule has 1 saturated heterocycles. The number of hydrogen-bond donors (Lipinski definition) is 4. The number of ether oxygens (including phenoxy) is 2. The number of likely N-dealkylation sites (tertiary alicyclic amines) is 1. The molecule has 11 nitrogen and oxygen atoms in total. The molecule has 4 amide bonds. The van der Waals surface area contributed by atoms with Crippen LogP contribution in [0.2, 0.25) is 0 Å². The van der Waals surface area contributed by atoms with Crippen LogP contribution in [0, 0.1) is 11.8 Å². The third kappa shape index (κ3) is 12.4. The molecule has 246 valence electrons. The van der Waals surface area contributed by atoms with Crippen molar-refractivity contribution < 1.29 is 33.8 Å². The van der Waals surface area contributed by atoms with Gasteiger partial charge in [0.1, 0.15) is 25.3 Å². The fraction of sp³-hybridized carbons (Fsp3) is 0.529. The maximum absolute atomic E-state index is 13.6. The molecule has 1 aliphatic rings. The van der Waals surface area contributed by atoms with E-state index >= 15 is 0 Å². The summed E-state index contributed by atoms with van der Waals surface area (Å²) in [4.78, 5) is 53.5. The van der Waals surface area contributed by atoms with Gasteiger partial charge in [0.25, 0.3) is 0 Å². The Balaban J connectivity index is 1.57. The lowest BCUT2D eigenvalue weighted by Crippen LogP contribution is -2.55. The van der Waals surface area contributed by atoms with Gasteiger partial charge in [-0.15, -0.1) is 0 Å². The average Bonchev–Trinajstić information content (AvgIpc) is 3.19. The van der Waals surface area contributed by atoms with Gasteiger partial charge in [0.2, 0.25) is 11.8 Å². The number of hydrogen-bond acceptors (Lipinski definition) is 7. The highest BCUT2D eigenvalue weighted by atomic mass is 16.6. The van der Waals surface area contributed by atoms with Crippen molar-refractivity contribution in [2.75, 3.05) is 13.1 Å². The molecule has 0 aliphatic carbocycles. The zero-order valence-corrected chi connectivity index (χ0v) is 26.7. The molecule has 11 heteroatoms. The second kappa shape index (κ2) is 18.0. The standard InChI is InChI=1S/C34H48N4O7/c1-23(2)18-28(36-33(42)44-21-25-12-7-5-8-13-25)31(40)35-27-16-11-17-38(20-30(27)39)32(41)29(19-24(3)4)37-34(43)45-22-26-14-9-6-10-15-26/h5-10,12-15,23-24,27-30,39H,11,16-22H2,1-4H3,(H,35,40)(H,36,42)(H,37,43)/t27?,28?,29-,30?/m0/s1. The fourth-order valence-electron chi connectivity index (χ4n) is 5.22. The molecule has 4 atom stereocenters. The van der Waals surface area contributed by atoms with E-state index in [2.05, 4.69) is 16.0 Å². The SMILES string of the molecule is CC(C)CC(NC(=O)OCc1ccccc1)C(=O)NC1CCCN(C(=O)[C@H](CC(C)C)NC(=O)OCc2ccccc2)CC1O. The number of benzene rings is 2. The van der Waals surface area contributed by atoms with Crippen molar-refractivity contribution in [2.45, 2.75) is 90.8 Å². The number of nitrogens with zero attached hydrogens (tertiary/aromatic N) is 1. The van der Waals surface area contributed by atoms with E-state index in [1.54, 1.807) is 0 Å². The number of amides is 4. The van der Waals surface area contributed by atoms with Gasteiger partial charge in [-0.3, -0.25) is 9.59 Å². The van der Waals surface area contributed by atoms with Crippen molar-refractivity contribution >= 4 is 24.0 Å². The van der Waals surface area contributed by atoms with Crippen LogP contribution in [0.25, 0.3) is 0 Å². The van der Waals surface area contributed by atoms with Crippen LogP contribution in [0.5, 0.6) is 0 Å². The summed E-state index contributed by atoms with van der Waals surface area (Å²) in [5.74, 6) is -0.522. The number of rotatable bonds is 13. The monoisotopic (exact) mass is 624 g/mol. The van der Waals surface area contributed by atoms with Crippen molar-refractivity contribution in [3.63, 3.8) is 0 Å². The summed E-state index contributed by atoms with van der Waals surface area (Å²) in [6.07, 6.45) is -0.701. The number of nitrogens with one attached hydrogen (secondary N) is 3. The molecular formula is C34H48N4O7. The van der Waals surface area contributed by atoms with Gasteiger partial charge in [-0.25, -0.2) is 9.59 Å². The minimum atomic E-state index is -1.05. The lowest BCUT2D eigenvalue weighted by Gasteiger charge is -2.30. The van der Waals surface area contributed by atoms with Gasteiger partial charge in [0.05, 0.1) is 12.1 Å². The molecule has 3 rings (SSSR count). The molecule has 0 bridgehead atoms. The van der Waals surface area contributed by atoms with Crippen molar-refractivity contribution in [1.82, 2.24) is 20.9 Å². The second-order valence-corrected chi connectivity index (χ2v) is 12.4.